The lowest BCUT2D eigenvalue weighted by molar-refractivity contribution is 0.226. The van der Waals surface area contributed by atoms with Gasteiger partial charge in [-0.1, -0.05) is 38.3 Å². The smallest absolute Gasteiger partial charge is 0.242 e. The molecule has 1 heterocycles. The molecule has 1 fully saturated rings. The van der Waals surface area contributed by atoms with Crippen LogP contribution in [0.25, 0.3) is 0 Å². The maximum Gasteiger partial charge on any atom is 0.243 e. The Kier molecular flexibility index (Phi) is 5.68. The van der Waals surface area contributed by atoms with Crippen molar-refractivity contribution < 1.29 is 8.42 Å². The quantitative estimate of drug-likeness (QED) is 0.784. The van der Waals surface area contributed by atoms with Gasteiger partial charge in [0, 0.05) is 16.7 Å². The van der Waals surface area contributed by atoms with Crippen LogP contribution in [0.5, 0.6) is 0 Å². The van der Waals surface area contributed by atoms with E-state index in [0.29, 0.717) is 16.3 Å². The Morgan fingerprint density at radius 3 is 2.71 bits per heavy atom. The molecule has 118 valence electrons. The second-order valence-electron chi connectivity index (χ2n) is 5.86. The maximum absolute atomic E-state index is 12.6. The number of rotatable bonds is 4. The van der Waals surface area contributed by atoms with Crippen molar-refractivity contribution in [2.45, 2.75) is 50.5 Å². The summed E-state index contributed by atoms with van der Waals surface area (Å²) in [6.07, 6.45) is 5.65. The van der Waals surface area contributed by atoms with Crippen LogP contribution in [0.1, 0.15) is 39.5 Å². The number of nitrogens with zero attached hydrogens (tertiary/aromatic N) is 1. The van der Waals surface area contributed by atoms with E-state index in [1.807, 2.05) is 0 Å². The number of sulfonamides is 1. The first-order valence-electron chi connectivity index (χ1n) is 7.14. The Bertz CT molecular complexity index is 607. The van der Waals surface area contributed by atoms with Crippen LogP contribution in [0.4, 0.5) is 0 Å². The van der Waals surface area contributed by atoms with Gasteiger partial charge >= 0.3 is 0 Å². The molecule has 0 amide bonds. The molecule has 0 radical (unpaired) electrons. The Morgan fingerprint density at radius 1 is 1.38 bits per heavy atom. The average Bonchev–Trinajstić information content (AvgIpc) is 2.41. The third-order valence-electron chi connectivity index (χ3n) is 4.05. The number of nitrogens with one attached hydrogen (secondary N) is 1. The lowest BCUT2D eigenvalue weighted by Crippen LogP contribution is -2.43. The minimum atomic E-state index is -3.65. The van der Waals surface area contributed by atoms with Gasteiger partial charge in [0.2, 0.25) is 10.0 Å². The van der Waals surface area contributed by atoms with Crippen LogP contribution in [0.15, 0.2) is 21.6 Å². The van der Waals surface area contributed by atoms with Crippen molar-refractivity contribution in [2.24, 2.45) is 11.8 Å². The molecule has 4 nitrogen and oxygen atoms in total. The molecule has 2 rings (SSSR count). The topological polar surface area (TPSA) is 59.1 Å². The lowest BCUT2D eigenvalue weighted by Gasteiger charge is -2.34. The zero-order chi connectivity index (χ0) is 15.6. The van der Waals surface area contributed by atoms with Gasteiger partial charge in [-0.25, -0.2) is 18.1 Å². The van der Waals surface area contributed by atoms with Crippen LogP contribution >= 0.6 is 27.5 Å². The molecule has 1 aliphatic rings. The summed E-state index contributed by atoms with van der Waals surface area (Å²) in [4.78, 5) is 3.93. The van der Waals surface area contributed by atoms with Crippen molar-refractivity contribution in [1.29, 1.82) is 0 Å². The highest BCUT2D eigenvalue weighted by atomic mass is 79.9. The van der Waals surface area contributed by atoms with Gasteiger partial charge in [-0.2, -0.15) is 0 Å². The third kappa shape index (κ3) is 4.18. The van der Waals surface area contributed by atoms with Crippen molar-refractivity contribution in [3.8, 4) is 0 Å². The second kappa shape index (κ2) is 6.94. The Hall–Kier alpha value is -0.170. The highest BCUT2D eigenvalue weighted by molar-refractivity contribution is 9.10. The monoisotopic (exact) mass is 394 g/mol. The Labute approximate surface area is 139 Å². The molecular weight excluding hydrogens is 376 g/mol. The standard InChI is InChI=1S/C14H20BrClN2O2S/c1-9(2)11-5-3-4-6-12(11)18-21(19,20)13-7-10(15)8-17-14(13)16/h7-9,11-12,18H,3-6H2,1-2H3. The zero-order valence-electron chi connectivity index (χ0n) is 12.1. The Morgan fingerprint density at radius 2 is 2.05 bits per heavy atom. The SMILES string of the molecule is CC(C)C1CCCCC1NS(=O)(=O)c1cc(Br)cnc1Cl. The minimum absolute atomic E-state index is 0.00241. The molecule has 7 heteroatoms. The highest BCUT2D eigenvalue weighted by Gasteiger charge is 2.32. The van der Waals surface area contributed by atoms with Crippen molar-refractivity contribution in [1.82, 2.24) is 9.71 Å². The van der Waals surface area contributed by atoms with E-state index in [-0.39, 0.29) is 16.1 Å². The van der Waals surface area contributed by atoms with E-state index in [0.717, 1.165) is 19.3 Å². The van der Waals surface area contributed by atoms with E-state index >= 15 is 0 Å². The highest BCUT2D eigenvalue weighted by Crippen LogP contribution is 2.32. The van der Waals surface area contributed by atoms with Crippen LogP contribution in [-0.2, 0) is 10.0 Å². The first kappa shape index (κ1) is 17.2. The van der Waals surface area contributed by atoms with Crippen molar-refractivity contribution in [3.05, 3.63) is 21.9 Å². The van der Waals surface area contributed by atoms with Crippen LogP contribution in [0.2, 0.25) is 5.15 Å². The molecule has 0 aromatic carbocycles. The number of aromatic nitrogens is 1. The summed E-state index contributed by atoms with van der Waals surface area (Å²) in [7, 11) is -3.65. The fraction of sp³-hybridized carbons (Fsp3) is 0.643. The summed E-state index contributed by atoms with van der Waals surface area (Å²) in [5.41, 5.74) is 0. The molecule has 21 heavy (non-hydrogen) atoms. The second-order valence-corrected chi connectivity index (χ2v) is 8.82. The zero-order valence-corrected chi connectivity index (χ0v) is 15.3. The summed E-state index contributed by atoms with van der Waals surface area (Å²) in [5.74, 6) is 0.821. The van der Waals surface area contributed by atoms with E-state index in [1.54, 1.807) is 0 Å². The fourth-order valence-electron chi connectivity index (χ4n) is 2.96. The fourth-order valence-corrected chi connectivity index (χ4v) is 5.22. The summed E-state index contributed by atoms with van der Waals surface area (Å²) in [6.45, 7) is 4.29. The van der Waals surface area contributed by atoms with Gasteiger partial charge in [0.1, 0.15) is 10.0 Å². The summed E-state index contributed by atoms with van der Waals surface area (Å²) < 4.78 is 28.6. The Balaban J connectivity index is 2.25. The molecule has 1 aromatic heterocycles. The molecular formula is C14H20BrClN2O2S. The van der Waals surface area contributed by atoms with Gasteiger partial charge in [-0.15, -0.1) is 0 Å². The first-order valence-corrected chi connectivity index (χ1v) is 9.80. The summed E-state index contributed by atoms with van der Waals surface area (Å²) in [6, 6.07) is 1.46. The van der Waals surface area contributed by atoms with E-state index in [9.17, 15) is 8.42 Å². The van der Waals surface area contributed by atoms with Crippen LogP contribution in [0, 0.1) is 11.8 Å². The predicted molar refractivity (Wildman–Crippen MR) is 87.9 cm³/mol. The van der Waals surface area contributed by atoms with E-state index in [4.69, 9.17) is 11.6 Å². The number of pyridine rings is 1. The number of hydrogen-bond donors (Lipinski definition) is 1. The minimum Gasteiger partial charge on any atom is -0.242 e. The molecule has 0 aliphatic heterocycles. The average molecular weight is 396 g/mol. The van der Waals surface area contributed by atoms with Crippen LogP contribution < -0.4 is 4.72 Å². The van der Waals surface area contributed by atoms with Gasteiger partial charge in [-0.05, 0) is 46.7 Å². The van der Waals surface area contributed by atoms with E-state index in [1.165, 1.54) is 18.7 Å². The molecule has 1 aromatic rings. The van der Waals surface area contributed by atoms with Gasteiger partial charge < -0.3 is 0 Å². The van der Waals surface area contributed by atoms with Crippen molar-refractivity contribution in [2.75, 3.05) is 0 Å². The molecule has 1 saturated carbocycles. The predicted octanol–water partition coefficient (Wildman–Crippen LogP) is 3.99. The van der Waals surface area contributed by atoms with E-state index in [2.05, 4.69) is 39.5 Å². The molecule has 1 aliphatic carbocycles. The maximum atomic E-state index is 12.6. The van der Waals surface area contributed by atoms with Gasteiger partial charge in [0.05, 0.1) is 0 Å². The van der Waals surface area contributed by atoms with Crippen LogP contribution in [0.3, 0.4) is 0 Å². The number of hydrogen-bond acceptors (Lipinski definition) is 3. The van der Waals surface area contributed by atoms with Gasteiger partial charge in [-0.3, -0.25) is 0 Å². The van der Waals surface area contributed by atoms with Crippen molar-refractivity contribution >= 4 is 37.6 Å². The first-order chi connectivity index (χ1) is 9.81. The largest absolute Gasteiger partial charge is 0.243 e. The molecule has 2 atom stereocenters. The summed E-state index contributed by atoms with van der Waals surface area (Å²) >= 11 is 9.18. The van der Waals surface area contributed by atoms with Crippen molar-refractivity contribution in [3.63, 3.8) is 0 Å². The third-order valence-corrected chi connectivity index (χ3v) is 6.40. The number of halogens is 2. The van der Waals surface area contributed by atoms with E-state index < -0.39 is 10.0 Å². The molecule has 2 unspecified atom stereocenters. The lowest BCUT2D eigenvalue weighted by atomic mass is 9.78. The van der Waals surface area contributed by atoms with Crippen LogP contribution in [-0.4, -0.2) is 19.4 Å². The molecule has 1 N–H and O–H groups in total. The molecule has 0 bridgehead atoms. The van der Waals surface area contributed by atoms with Gasteiger partial charge in [0.15, 0.2) is 0 Å². The molecule has 0 spiro atoms. The summed E-state index contributed by atoms with van der Waals surface area (Å²) in [5, 5.41) is 0.00241. The van der Waals surface area contributed by atoms with Gasteiger partial charge in [0.25, 0.3) is 0 Å². The normalized spacial score (nSPS) is 23.5. The molecule has 0 saturated heterocycles.